The van der Waals surface area contributed by atoms with Crippen LogP contribution >= 0.6 is 11.6 Å². The molecule has 0 amide bonds. The average Bonchev–Trinajstić information content (AvgIpc) is 2.49. The molecule has 112 valence electrons. The Labute approximate surface area is 123 Å². The topological polar surface area (TPSA) is 59.4 Å². The molecule has 1 unspecified atom stereocenters. The van der Waals surface area contributed by atoms with E-state index in [0.717, 1.165) is 25.9 Å². The third kappa shape index (κ3) is 3.31. The number of hydrogen-bond acceptors (Lipinski definition) is 5. The standard InChI is InChI=1S/C13H21ClN4O2/c1-17(10-4-3-5-15-8-10)11-9-16-18(6-7-20-2)13(19)12(11)14/h9-10,15H,3-8H2,1-2H3. The van der Waals surface area contributed by atoms with Crippen molar-refractivity contribution in [1.29, 1.82) is 0 Å². The molecule has 0 aliphatic carbocycles. The van der Waals surface area contributed by atoms with Crippen molar-refractivity contribution < 1.29 is 4.74 Å². The Hall–Kier alpha value is -1.11. The molecular weight excluding hydrogens is 280 g/mol. The lowest BCUT2D eigenvalue weighted by Gasteiger charge is -2.33. The summed E-state index contributed by atoms with van der Waals surface area (Å²) in [4.78, 5) is 14.2. The summed E-state index contributed by atoms with van der Waals surface area (Å²) in [6, 6.07) is 0.345. The highest BCUT2D eigenvalue weighted by Gasteiger charge is 2.21. The fourth-order valence-corrected chi connectivity index (χ4v) is 2.68. The summed E-state index contributed by atoms with van der Waals surface area (Å²) >= 11 is 6.22. The molecule has 0 spiro atoms. The number of aromatic nitrogens is 2. The van der Waals surface area contributed by atoms with Gasteiger partial charge in [-0.05, 0) is 19.4 Å². The van der Waals surface area contributed by atoms with Gasteiger partial charge < -0.3 is 15.0 Å². The monoisotopic (exact) mass is 300 g/mol. The van der Waals surface area contributed by atoms with Crippen LogP contribution < -0.4 is 15.8 Å². The quantitative estimate of drug-likeness (QED) is 0.869. The molecule has 1 saturated heterocycles. The Morgan fingerprint density at radius 1 is 1.65 bits per heavy atom. The van der Waals surface area contributed by atoms with Crippen molar-refractivity contribution in [2.24, 2.45) is 0 Å². The Morgan fingerprint density at radius 2 is 2.45 bits per heavy atom. The first-order chi connectivity index (χ1) is 9.65. The van der Waals surface area contributed by atoms with Crippen molar-refractivity contribution in [3.05, 3.63) is 21.6 Å². The van der Waals surface area contributed by atoms with Gasteiger partial charge in [-0.2, -0.15) is 5.10 Å². The predicted octanol–water partition coefficient (Wildman–Crippen LogP) is 0.731. The molecule has 20 heavy (non-hydrogen) atoms. The number of halogens is 1. The van der Waals surface area contributed by atoms with E-state index in [9.17, 15) is 4.79 Å². The van der Waals surface area contributed by atoms with Gasteiger partial charge in [-0.1, -0.05) is 11.6 Å². The molecule has 1 atom stereocenters. The van der Waals surface area contributed by atoms with Crippen LogP contribution in [0.4, 0.5) is 5.69 Å². The highest BCUT2D eigenvalue weighted by atomic mass is 35.5. The zero-order valence-electron chi connectivity index (χ0n) is 11.9. The Morgan fingerprint density at radius 3 is 3.10 bits per heavy atom. The number of piperidine rings is 1. The molecule has 0 radical (unpaired) electrons. The first-order valence-electron chi connectivity index (χ1n) is 6.83. The summed E-state index contributed by atoms with van der Waals surface area (Å²) in [6.45, 7) is 2.80. The van der Waals surface area contributed by atoms with Crippen LogP contribution in [-0.4, -0.2) is 49.7 Å². The van der Waals surface area contributed by atoms with Crippen molar-refractivity contribution in [1.82, 2.24) is 15.1 Å². The van der Waals surface area contributed by atoms with E-state index in [0.29, 0.717) is 24.9 Å². The molecule has 1 N–H and O–H groups in total. The van der Waals surface area contributed by atoms with Crippen LogP contribution in [0.25, 0.3) is 0 Å². The van der Waals surface area contributed by atoms with Gasteiger partial charge in [-0.15, -0.1) is 0 Å². The van der Waals surface area contributed by atoms with E-state index in [1.54, 1.807) is 13.3 Å². The zero-order valence-corrected chi connectivity index (χ0v) is 12.7. The molecule has 0 bridgehead atoms. The zero-order chi connectivity index (χ0) is 14.5. The number of ether oxygens (including phenoxy) is 1. The molecule has 0 aromatic carbocycles. The Balaban J connectivity index is 2.19. The normalized spacial score (nSPS) is 19.1. The van der Waals surface area contributed by atoms with E-state index in [2.05, 4.69) is 10.4 Å². The van der Waals surface area contributed by atoms with Gasteiger partial charge in [0.1, 0.15) is 5.02 Å². The van der Waals surface area contributed by atoms with Crippen molar-refractivity contribution in [2.45, 2.75) is 25.4 Å². The van der Waals surface area contributed by atoms with Crippen LogP contribution in [0.2, 0.25) is 5.02 Å². The van der Waals surface area contributed by atoms with Crippen LogP contribution in [0, 0.1) is 0 Å². The van der Waals surface area contributed by atoms with Gasteiger partial charge in [0.05, 0.1) is 25.0 Å². The second kappa shape index (κ2) is 7.06. The van der Waals surface area contributed by atoms with Gasteiger partial charge in [-0.3, -0.25) is 4.79 Å². The largest absolute Gasteiger partial charge is 0.383 e. The number of likely N-dealkylation sites (N-methyl/N-ethyl adjacent to an activating group) is 1. The second-order valence-corrected chi connectivity index (χ2v) is 5.35. The average molecular weight is 301 g/mol. The molecule has 2 rings (SSSR count). The summed E-state index contributed by atoms with van der Waals surface area (Å²) in [6.07, 6.45) is 3.88. The van der Waals surface area contributed by atoms with Crippen LogP contribution in [0.5, 0.6) is 0 Å². The number of nitrogens with one attached hydrogen (secondary N) is 1. The maximum atomic E-state index is 12.2. The van der Waals surface area contributed by atoms with Crippen molar-refractivity contribution in [3.8, 4) is 0 Å². The first kappa shape index (κ1) is 15.3. The minimum atomic E-state index is -0.267. The molecule has 0 saturated carbocycles. The number of hydrogen-bond donors (Lipinski definition) is 1. The van der Waals surface area contributed by atoms with E-state index in [1.807, 2.05) is 11.9 Å². The van der Waals surface area contributed by atoms with Gasteiger partial charge in [0, 0.05) is 26.7 Å². The van der Waals surface area contributed by atoms with Crippen LogP contribution in [0.3, 0.4) is 0 Å². The van der Waals surface area contributed by atoms with E-state index in [4.69, 9.17) is 16.3 Å². The maximum absolute atomic E-state index is 12.2. The number of nitrogens with zero attached hydrogens (tertiary/aromatic N) is 3. The van der Waals surface area contributed by atoms with Crippen molar-refractivity contribution in [2.75, 3.05) is 38.8 Å². The maximum Gasteiger partial charge on any atom is 0.287 e. The lowest BCUT2D eigenvalue weighted by molar-refractivity contribution is 0.182. The minimum absolute atomic E-state index is 0.226. The van der Waals surface area contributed by atoms with Gasteiger partial charge in [-0.25, -0.2) is 4.68 Å². The summed E-state index contributed by atoms with van der Waals surface area (Å²) in [5.74, 6) is 0. The van der Waals surface area contributed by atoms with Crippen LogP contribution in [0.1, 0.15) is 12.8 Å². The second-order valence-electron chi connectivity index (χ2n) is 4.98. The molecule has 1 aliphatic heterocycles. The molecular formula is C13H21ClN4O2. The number of anilines is 1. The van der Waals surface area contributed by atoms with E-state index < -0.39 is 0 Å². The third-order valence-corrected chi connectivity index (χ3v) is 4.03. The third-order valence-electron chi connectivity index (χ3n) is 3.67. The Bertz CT molecular complexity index is 500. The summed E-state index contributed by atoms with van der Waals surface area (Å²) in [5.41, 5.74) is 0.427. The molecule has 1 aliphatic rings. The summed E-state index contributed by atoms with van der Waals surface area (Å²) < 4.78 is 6.29. The number of methoxy groups -OCH3 is 1. The highest BCUT2D eigenvalue weighted by molar-refractivity contribution is 6.33. The summed E-state index contributed by atoms with van der Waals surface area (Å²) in [7, 11) is 3.55. The SMILES string of the molecule is COCCn1ncc(N(C)C2CCCNC2)c(Cl)c1=O. The van der Waals surface area contributed by atoms with Gasteiger partial charge in [0.15, 0.2) is 0 Å². The molecule has 2 heterocycles. The van der Waals surface area contributed by atoms with Gasteiger partial charge in [0.25, 0.3) is 5.56 Å². The lowest BCUT2D eigenvalue weighted by atomic mass is 10.1. The first-order valence-corrected chi connectivity index (χ1v) is 7.21. The predicted molar refractivity (Wildman–Crippen MR) is 79.7 cm³/mol. The molecule has 1 fully saturated rings. The summed E-state index contributed by atoms with van der Waals surface area (Å²) in [5, 5.41) is 7.75. The smallest absolute Gasteiger partial charge is 0.287 e. The fourth-order valence-electron chi connectivity index (χ4n) is 2.40. The molecule has 7 heteroatoms. The molecule has 1 aromatic heterocycles. The van der Waals surface area contributed by atoms with Crippen molar-refractivity contribution in [3.63, 3.8) is 0 Å². The van der Waals surface area contributed by atoms with Gasteiger partial charge >= 0.3 is 0 Å². The number of rotatable bonds is 5. The van der Waals surface area contributed by atoms with E-state index >= 15 is 0 Å². The van der Waals surface area contributed by atoms with Crippen LogP contribution in [-0.2, 0) is 11.3 Å². The Kier molecular flexibility index (Phi) is 5.39. The highest BCUT2D eigenvalue weighted by Crippen LogP contribution is 2.23. The van der Waals surface area contributed by atoms with Crippen molar-refractivity contribution >= 4 is 17.3 Å². The fraction of sp³-hybridized carbons (Fsp3) is 0.692. The molecule has 6 nitrogen and oxygen atoms in total. The minimum Gasteiger partial charge on any atom is -0.383 e. The lowest BCUT2D eigenvalue weighted by Crippen LogP contribution is -2.45. The van der Waals surface area contributed by atoms with E-state index in [1.165, 1.54) is 4.68 Å². The van der Waals surface area contributed by atoms with Crippen LogP contribution in [0.15, 0.2) is 11.0 Å². The van der Waals surface area contributed by atoms with Gasteiger partial charge in [0.2, 0.25) is 0 Å². The molecule has 1 aromatic rings. The van der Waals surface area contributed by atoms with E-state index in [-0.39, 0.29) is 10.6 Å².